The summed E-state index contributed by atoms with van der Waals surface area (Å²) >= 11 is 1.18. The van der Waals surface area contributed by atoms with Crippen molar-refractivity contribution in [2.24, 2.45) is 0 Å². The van der Waals surface area contributed by atoms with Crippen LogP contribution in [0.4, 0.5) is 24.5 Å². The molecule has 1 aromatic rings. The van der Waals surface area contributed by atoms with E-state index >= 15 is 0 Å². The Balaban J connectivity index is 3.61. The lowest BCUT2D eigenvalue weighted by molar-refractivity contribution is -0.386. The first kappa shape index (κ1) is 13.0. The van der Waals surface area contributed by atoms with E-state index in [1.807, 2.05) is 0 Å². The standard InChI is InChI=1S/C8H6F3IN2O2/c1-2-13-7-4(10)3(9)6(12)5(11)8(7)14(15)16/h13H,2H2,1H3. The van der Waals surface area contributed by atoms with Gasteiger partial charge in [-0.2, -0.15) is 4.39 Å². The third kappa shape index (κ3) is 2.06. The number of nitro groups is 1. The number of halogens is 4. The summed E-state index contributed by atoms with van der Waals surface area (Å²) in [6.07, 6.45) is 0. The van der Waals surface area contributed by atoms with Gasteiger partial charge in [0.15, 0.2) is 17.3 Å². The molecule has 1 rings (SSSR count). The maximum absolute atomic E-state index is 13.4. The Hall–Kier alpha value is -1.06. The highest BCUT2D eigenvalue weighted by Crippen LogP contribution is 2.35. The summed E-state index contributed by atoms with van der Waals surface area (Å²) in [5.74, 6) is -4.25. The van der Waals surface area contributed by atoms with Gasteiger partial charge in [-0.1, -0.05) is 0 Å². The Morgan fingerprint density at radius 3 is 2.31 bits per heavy atom. The summed E-state index contributed by atoms with van der Waals surface area (Å²) in [7, 11) is 0. The topological polar surface area (TPSA) is 55.2 Å². The molecule has 0 heterocycles. The fourth-order valence-electron chi connectivity index (χ4n) is 1.13. The molecular weight excluding hydrogens is 340 g/mol. The highest BCUT2D eigenvalue weighted by molar-refractivity contribution is 14.1. The fourth-order valence-corrected chi connectivity index (χ4v) is 1.62. The minimum Gasteiger partial charge on any atom is -0.377 e. The number of nitrogens with one attached hydrogen (secondary N) is 1. The monoisotopic (exact) mass is 346 g/mol. The molecule has 0 aliphatic heterocycles. The van der Waals surface area contributed by atoms with Crippen LogP contribution in [0.3, 0.4) is 0 Å². The zero-order chi connectivity index (χ0) is 12.5. The second kappa shape index (κ2) is 4.85. The molecule has 0 unspecified atom stereocenters. The van der Waals surface area contributed by atoms with Crippen LogP contribution in [-0.2, 0) is 0 Å². The van der Waals surface area contributed by atoms with Crippen LogP contribution < -0.4 is 5.32 Å². The molecule has 0 aliphatic rings. The molecule has 1 aromatic carbocycles. The van der Waals surface area contributed by atoms with Gasteiger partial charge in [0.2, 0.25) is 5.82 Å². The quantitative estimate of drug-likeness (QED) is 0.301. The van der Waals surface area contributed by atoms with Crippen molar-refractivity contribution in [3.05, 3.63) is 31.1 Å². The molecule has 0 bridgehead atoms. The Morgan fingerprint density at radius 1 is 1.31 bits per heavy atom. The molecule has 0 aromatic heterocycles. The Morgan fingerprint density at radius 2 is 1.88 bits per heavy atom. The second-order valence-electron chi connectivity index (χ2n) is 2.77. The van der Waals surface area contributed by atoms with E-state index in [2.05, 4.69) is 5.32 Å². The van der Waals surface area contributed by atoms with E-state index in [0.717, 1.165) is 0 Å². The van der Waals surface area contributed by atoms with Gasteiger partial charge in [0.1, 0.15) is 0 Å². The molecule has 16 heavy (non-hydrogen) atoms. The highest BCUT2D eigenvalue weighted by Gasteiger charge is 2.31. The third-order valence-electron chi connectivity index (χ3n) is 1.78. The van der Waals surface area contributed by atoms with Crippen molar-refractivity contribution < 1.29 is 18.1 Å². The Bertz CT molecular complexity index is 454. The van der Waals surface area contributed by atoms with E-state index in [0.29, 0.717) is 0 Å². The largest absolute Gasteiger partial charge is 0.377 e. The van der Waals surface area contributed by atoms with E-state index in [1.165, 1.54) is 29.5 Å². The maximum atomic E-state index is 13.4. The molecule has 0 fully saturated rings. The molecule has 0 spiro atoms. The van der Waals surface area contributed by atoms with Gasteiger partial charge in [-0.3, -0.25) is 10.1 Å². The third-order valence-corrected chi connectivity index (χ3v) is 2.73. The van der Waals surface area contributed by atoms with Crippen molar-refractivity contribution >= 4 is 34.0 Å². The van der Waals surface area contributed by atoms with Gasteiger partial charge in [0, 0.05) is 6.54 Å². The average molecular weight is 346 g/mol. The molecule has 0 atom stereocenters. The molecular formula is C8H6F3IN2O2. The smallest absolute Gasteiger partial charge is 0.332 e. The number of rotatable bonds is 3. The van der Waals surface area contributed by atoms with Gasteiger partial charge in [-0.15, -0.1) is 0 Å². The summed E-state index contributed by atoms with van der Waals surface area (Å²) in [5.41, 5.74) is -1.84. The lowest BCUT2D eigenvalue weighted by Gasteiger charge is -2.08. The lowest BCUT2D eigenvalue weighted by atomic mass is 10.2. The Labute approximate surface area is 102 Å². The molecule has 0 amide bonds. The van der Waals surface area contributed by atoms with Gasteiger partial charge in [0.25, 0.3) is 0 Å². The van der Waals surface area contributed by atoms with Crippen molar-refractivity contribution in [3.63, 3.8) is 0 Å². The van der Waals surface area contributed by atoms with Crippen molar-refractivity contribution in [1.29, 1.82) is 0 Å². The molecule has 0 saturated carbocycles. The van der Waals surface area contributed by atoms with Crippen molar-refractivity contribution in [2.45, 2.75) is 6.92 Å². The zero-order valence-electron chi connectivity index (χ0n) is 7.98. The molecule has 1 N–H and O–H groups in total. The predicted molar refractivity (Wildman–Crippen MR) is 59.9 cm³/mol. The van der Waals surface area contributed by atoms with Crippen molar-refractivity contribution in [1.82, 2.24) is 0 Å². The van der Waals surface area contributed by atoms with Gasteiger partial charge >= 0.3 is 5.69 Å². The summed E-state index contributed by atoms with van der Waals surface area (Å²) in [4.78, 5) is 9.48. The average Bonchev–Trinajstić information content (AvgIpc) is 2.23. The minimum atomic E-state index is -1.45. The number of nitro benzene ring substituents is 1. The molecule has 4 nitrogen and oxygen atoms in total. The van der Waals surface area contributed by atoms with Crippen LogP contribution in [0, 0.1) is 31.1 Å². The van der Waals surface area contributed by atoms with E-state index in [9.17, 15) is 23.3 Å². The molecule has 88 valence electrons. The van der Waals surface area contributed by atoms with Crippen LogP contribution in [0.1, 0.15) is 6.92 Å². The van der Waals surface area contributed by atoms with Crippen molar-refractivity contribution in [3.8, 4) is 0 Å². The van der Waals surface area contributed by atoms with Crippen LogP contribution in [0.25, 0.3) is 0 Å². The molecule has 0 radical (unpaired) electrons. The number of anilines is 1. The fraction of sp³-hybridized carbons (Fsp3) is 0.250. The summed E-state index contributed by atoms with van der Waals surface area (Å²) in [6, 6.07) is 0. The number of hydrogen-bond donors (Lipinski definition) is 1. The van der Waals surface area contributed by atoms with Crippen LogP contribution >= 0.6 is 22.6 Å². The first-order valence-corrected chi connectivity index (χ1v) is 5.23. The lowest BCUT2D eigenvalue weighted by Crippen LogP contribution is -2.09. The first-order chi connectivity index (χ1) is 7.41. The minimum absolute atomic E-state index is 0.108. The Kier molecular flexibility index (Phi) is 3.94. The SMILES string of the molecule is CCNc1c(F)c(F)c(I)c(F)c1[N+](=O)[O-]. The first-order valence-electron chi connectivity index (χ1n) is 4.16. The molecule has 0 aliphatic carbocycles. The van der Waals surface area contributed by atoms with Gasteiger partial charge < -0.3 is 5.32 Å². The number of nitrogens with zero attached hydrogens (tertiary/aromatic N) is 1. The predicted octanol–water partition coefficient (Wildman–Crippen LogP) is 3.05. The van der Waals surface area contributed by atoms with Gasteiger partial charge in [0.05, 0.1) is 8.49 Å². The second-order valence-corrected chi connectivity index (χ2v) is 3.85. The molecule has 0 saturated heterocycles. The highest BCUT2D eigenvalue weighted by atomic mass is 127. The summed E-state index contributed by atoms with van der Waals surface area (Å²) in [5, 5.41) is 12.8. The van der Waals surface area contributed by atoms with E-state index in [-0.39, 0.29) is 6.54 Å². The number of hydrogen-bond acceptors (Lipinski definition) is 3. The van der Waals surface area contributed by atoms with Gasteiger partial charge in [-0.05, 0) is 29.5 Å². The summed E-state index contributed by atoms with van der Waals surface area (Å²) in [6.45, 7) is 1.63. The normalized spacial score (nSPS) is 10.3. The van der Waals surface area contributed by atoms with Gasteiger partial charge in [-0.25, -0.2) is 8.78 Å². The van der Waals surface area contributed by atoms with E-state index in [4.69, 9.17) is 0 Å². The van der Waals surface area contributed by atoms with E-state index in [1.54, 1.807) is 0 Å². The van der Waals surface area contributed by atoms with E-state index < -0.39 is 37.3 Å². The number of benzene rings is 1. The molecule has 8 heteroatoms. The maximum Gasteiger partial charge on any atom is 0.332 e. The van der Waals surface area contributed by atoms with Crippen LogP contribution in [-0.4, -0.2) is 11.5 Å². The summed E-state index contributed by atoms with van der Waals surface area (Å²) < 4.78 is 39.1. The van der Waals surface area contributed by atoms with Crippen LogP contribution in [0.15, 0.2) is 0 Å². The van der Waals surface area contributed by atoms with Crippen molar-refractivity contribution in [2.75, 3.05) is 11.9 Å². The van der Waals surface area contributed by atoms with Crippen LogP contribution in [0.2, 0.25) is 0 Å². The van der Waals surface area contributed by atoms with Crippen LogP contribution in [0.5, 0.6) is 0 Å². The zero-order valence-corrected chi connectivity index (χ0v) is 10.1.